The zero-order chi connectivity index (χ0) is 13.7. The van der Waals surface area contributed by atoms with Gasteiger partial charge in [0.1, 0.15) is 0 Å². The smallest absolute Gasteiger partial charge is 0.0693 e. The summed E-state index contributed by atoms with van der Waals surface area (Å²) in [5, 5.41) is 13.9. The number of aliphatic hydroxyl groups excluding tert-OH is 1. The zero-order valence-corrected chi connectivity index (χ0v) is 13.2. The summed E-state index contributed by atoms with van der Waals surface area (Å²) in [6.07, 6.45) is 6.51. The van der Waals surface area contributed by atoms with Crippen LogP contribution < -0.4 is 5.32 Å². The van der Waals surface area contributed by atoms with E-state index in [4.69, 9.17) is 0 Å². The van der Waals surface area contributed by atoms with E-state index in [9.17, 15) is 5.11 Å². The van der Waals surface area contributed by atoms with Crippen molar-refractivity contribution in [3.63, 3.8) is 0 Å². The first-order chi connectivity index (χ1) is 9.20. The second-order valence-corrected chi connectivity index (χ2v) is 6.41. The summed E-state index contributed by atoms with van der Waals surface area (Å²) in [6, 6.07) is 9.03. The first kappa shape index (κ1) is 15.0. The molecule has 1 aliphatic carbocycles. The monoisotopic (exact) mass is 325 g/mol. The summed E-state index contributed by atoms with van der Waals surface area (Å²) in [7, 11) is 0. The van der Waals surface area contributed by atoms with Gasteiger partial charge in [-0.05, 0) is 37.0 Å². The van der Waals surface area contributed by atoms with E-state index in [1.807, 2.05) is 0 Å². The standard InChI is InChI=1S/C16H24BrNO/c1-2-14(12-7-6-8-13(17)11-12)18-15-9-4-3-5-10-16(15)19/h6-8,11,14-16,18-19H,2-5,9-10H2,1H3. The topological polar surface area (TPSA) is 32.3 Å². The van der Waals surface area contributed by atoms with E-state index >= 15 is 0 Å². The van der Waals surface area contributed by atoms with Gasteiger partial charge >= 0.3 is 0 Å². The van der Waals surface area contributed by atoms with Crippen molar-refractivity contribution in [3.8, 4) is 0 Å². The van der Waals surface area contributed by atoms with Gasteiger partial charge in [-0.15, -0.1) is 0 Å². The van der Waals surface area contributed by atoms with Crippen molar-refractivity contribution in [1.29, 1.82) is 0 Å². The average molecular weight is 326 g/mol. The summed E-state index contributed by atoms with van der Waals surface area (Å²) in [5.74, 6) is 0. The Balaban J connectivity index is 2.05. The lowest BCUT2D eigenvalue weighted by Gasteiger charge is -2.28. The fourth-order valence-corrected chi connectivity index (χ4v) is 3.33. The molecule has 0 amide bonds. The van der Waals surface area contributed by atoms with E-state index in [0.29, 0.717) is 6.04 Å². The molecule has 3 atom stereocenters. The fraction of sp³-hybridized carbons (Fsp3) is 0.625. The molecule has 2 nitrogen and oxygen atoms in total. The first-order valence-electron chi connectivity index (χ1n) is 7.40. The third kappa shape index (κ3) is 4.30. The largest absolute Gasteiger partial charge is 0.392 e. The summed E-state index contributed by atoms with van der Waals surface area (Å²) >= 11 is 3.53. The molecule has 0 radical (unpaired) electrons. The highest BCUT2D eigenvalue weighted by molar-refractivity contribution is 9.10. The van der Waals surface area contributed by atoms with Crippen molar-refractivity contribution in [2.75, 3.05) is 0 Å². The van der Waals surface area contributed by atoms with Gasteiger partial charge in [0.25, 0.3) is 0 Å². The van der Waals surface area contributed by atoms with E-state index in [0.717, 1.165) is 30.2 Å². The van der Waals surface area contributed by atoms with Gasteiger partial charge in [0.2, 0.25) is 0 Å². The molecule has 0 heterocycles. The normalized spacial score (nSPS) is 25.8. The van der Waals surface area contributed by atoms with Crippen molar-refractivity contribution in [3.05, 3.63) is 34.3 Å². The Morgan fingerprint density at radius 1 is 1.32 bits per heavy atom. The molecule has 1 aliphatic rings. The van der Waals surface area contributed by atoms with Gasteiger partial charge < -0.3 is 10.4 Å². The van der Waals surface area contributed by atoms with Crippen LogP contribution in [0.4, 0.5) is 0 Å². The molecule has 19 heavy (non-hydrogen) atoms. The van der Waals surface area contributed by atoms with E-state index in [1.165, 1.54) is 18.4 Å². The van der Waals surface area contributed by atoms with Gasteiger partial charge in [-0.1, -0.05) is 54.2 Å². The van der Waals surface area contributed by atoms with Crippen LogP contribution in [0.1, 0.15) is 57.1 Å². The maximum atomic E-state index is 10.2. The highest BCUT2D eigenvalue weighted by Gasteiger charge is 2.24. The Kier molecular flexibility index (Phi) is 5.86. The second kappa shape index (κ2) is 7.41. The molecule has 1 fully saturated rings. The molecule has 0 saturated heterocycles. The number of hydrogen-bond donors (Lipinski definition) is 2. The summed E-state index contributed by atoms with van der Waals surface area (Å²) in [6.45, 7) is 2.20. The minimum atomic E-state index is -0.191. The lowest BCUT2D eigenvalue weighted by Crippen LogP contribution is -2.41. The molecule has 0 bridgehead atoms. The molecular formula is C16H24BrNO. The van der Waals surface area contributed by atoms with Gasteiger partial charge in [0.15, 0.2) is 0 Å². The van der Waals surface area contributed by atoms with Crippen LogP contribution in [0.15, 0.2) is 28.7 Å². The Labute approximate surface area is 124 Å². The molecule has 106 valence electrons. The quantitative estimate of drug-likeness (QED) is 0.814. The van der Waals surface area contributed by atoms with Crippen LogP contribution in [0.3, 0.4) is 0 Å². The molecule has 3 heteroatoms. The molecule has 0 aromatic heterocycles. The highest BCUT2D eigenvalue weighted by atomic mass is 79.9. The average Bonchev–Trinajstić information content (AvgIpc) is 2.61. The maximum absolute atomic E-state index is 10.2. The number of aliphatic hydroxyl groups is 1. The van der Waals surface area contributed by atoms with Crippen LogP contribution in [-0.2, 0) is 0 Å². The van der Waals surface area contributed by atoms with Crippen LogP contribution in [0.5, 0.6) is 0 Å². The minimum absolute atomic E-state index is 0.191. The van der Waals surface area contributed by atoms with Crippen molar-refractivity contribution >= 4 is 15.9 Å². The molecule has 2 N–H and O–H groups in total. The lowest BCUT2D eigenvalue weighted by atomic mass is 10.00. The number of rotatable bonds is 4. The van der Waals surface area contributed by atoms with Crippen LogP contribution in [0.25, 0.3) is 0 Å². The fourth-order valence-electron chi connectivity index (χ4n) is 2.91. The Hall–Kier alpha value is -0.380. The Bertz CT molecular complexity index is 396. The van der Waals surface area contributed by atoms with Gasteiger partial charge in [-0.2, -0.15) is 0 Å². The predicted octanol–water partition coefficient (Wildman–Crippen LogP) is 4.18. The van der Waals surface area contributed by atoms with E-state index in [1.54, 1.807) is 0 Å². The molecule has 2 rings (SSSR count). The zero-order valence-electron chi connectivity index (χ0n) is 11.6. The number of benzene rings is 1. The molecule has 1 aromatic rings. The summed E-state index contributed by atoms with van der Waals surface area (Å²) in [4.78, 5) is 0. The molecule has 0 spiro atoms. The van der Waals surface area contributed by atoms with Gasteiger partial charge in [0.05, 0.1) is 6.10 Å². The van der Waals surface area contributed by atoms with Crippen molar-refractivity contribution in [2.24, 2.45) is 0 Å². The SMILES string of the molecule is CCC(NC1CCCCCC1O)c1cccc(Br)c1. The van der Waals surface area contributed by atoms with Crippen LogP contribution in [0.2, 0.25) is 0 Å². The van der Waals surface area contributed by atoms with Crippen molar-refractivity contribution < 1.29 is 5.11 Å². The van der Waals surface area contributed by atoms with Crippen LogP contribution in [-0.4, -0.2) is 17.3 Å². The second-order valence-electron chi connectivity index (χ2n) is 5.49. The summed E-state index contributed by atoms with van der Waals surface area (Å²) < 4.78 is 1.12. The van der Waals surface area contributed by atoms with Crippen LogP contribution in [0, 0.1) is 0 Å². The van der Waals surface area contributed by atoms with E-state index < -0.39 is 0 Å². The van der Waals surface area contributed by atoms with E-state index in [2.05, 4.69) is 52.4 Å². The Morgan fingerprint density at radius 2 is 2.11 bits per heavy atom. The highest BCUT2D eigenvalue weighted by Crippen LogP contribution is 2.25. The van der Waals surface area contributed by atoms with Crippen LogP contribution >= 0.6 is 15.9 Å². The predicted molar refractivity (Wildman–Crippen MR) is 83.2 cm³/mol. The van der Waals surface area contributed by atoms with Gasteiger partial charge in [-0.25, -0.2) is 0 Å². The van der Waals surface area contributed by atoms with Crippen molar-refractivity contribution in [1.82, 2.24) is 5.32 Å². The molecular weight excluding hydrogens is 302 g/mol. The lowest BCUT2D eigenvalue weighted by molar-refractivity contribution is 0.113. The molecule has 3 unspecified atom stereocenters. The molecule has 1 saturated carbocycles. The third-order valence-electron chi connectivity index (χ3n) is 4.05. The Morgan fingerprint density at radius 3 is 2.84 bits per heavy atom. The maximum Gasteiger partial charge on any atom is 0.0693 e. The number of nitrogens with one attached hydrogen (secondary N) is 1. The van der Waals surface area contributed by atoms with Crippen molar-refractivity contribution in [2.45, 2.75) is 63.6 Å². The van der Waals surface area contributed by atoms with Gasteiger partial charge in [0, 0.05) is 16.6 Å². The molecule has 1 aromatic carbocycles. The van der Waals surface area contributed by atoms with E-state index in [-0.39, 0.29) is 12.1 Å². The first-order valence-corrected chi connectivity index (χ1v) is 8.19. The third-order valence-corrected chi connectivity index (χ3v) is 4.55. The number of halogens is 1. The van der Waals surface area contributed by atoms with Gasteiger partial charge in [-0.3, -0.25) is 0 Å². The minimum Gasteiger partial charge on any atom is -0.392 e. The molecule has 0 aliphatic heterocycles. The number of hydrogen-bond acceptors (Lipinski definition) is 2. The summed E-state index contributed by atoms with van der Waals surface area (Å²) in [5.41, 5.74) is 1.30.